The van der Waals surface area contributed by atoms with Gasteiger partial charge in [-0.15, -0.1) is 0 Å². The lowest BCUT2D eigenvalue weighted by Gasteiger charge is -1.99. The molecule has 0 aliphatic rings. The van der Waals surface area contributed by atoms with Crippen molar-refractivity contribution in [3.63, 3.8) is 0 Å². The number of carboxylic acids is 1. The number of hydrogen-bond donors (Lipinski definition) is 2. The van der Waals surface area contributed by atoms with Crippen LogP contribution in [0.4, 0.5) is 5.69 Å². The lowest BCUT2D eigenvalue weighted by atomic mass is 10.1. The van der Waals surface area contributed by atoms with Crippen molar-refractivity contribution in [1.82, 2.24) is 0 Å². The van der Waals surface area contributed by atoms with Gasteiger partial charge in [0.15, 0.2) is 5.71 Å². The molecule has 0 aliphatic heterocycles. The summed E-state index contributed by atoms with van der Waals surface area (Å²) in [5, 5.41) is 29.9. The summed E-state index contributed by atoms with van der Waals surface area (Å²) < 4.78 is 0. The Hall–Kier alpha value is -2.44. The normalized spacial score (nSPS) is 11.1. The lowest BCUT2D eigenvalue weighted by Crippen LogP contribution is -2.15. The Balaban J connectivity index is 2.83. The van der Waals surface area contributed by atoms with E-state index in [1.54, 1.807) is 0 Å². The van der Waals surface area contributed by atoms with Crippen molar-refractivity contribution in [1.29, 1.82) is 0 Å². The zero-order valence-corrected chi connectivity index (χ0v) is 8.03. The third-order valence-electron chi connectivity index (χ3n) is 1.89. The second-order valence-corrected chi connectivity index (χ2v) is 2.95. The first-order chi connectivity index (χ1) is 7.54. The molecule has 7 heteroatoms. The molecule has 0 aliphatic carbocycles. The molecule has 0 saturated heterocycles. The van der Waals surface area contributed by atoms with Gasteiger partial charge in [-0.1, -0.05) is 17.3 Å². The third kappa shape index (κ3) is 2.77. The number of oxime groups is 1. The smallest absolute Gasteiger partial charge is 0.354 e. The summed E-state index contributed by atoms with van der Waals surface area (Å²) in [5.74, 6) is -1.33. The number of carbonyl (C=O) groups is 1. The van der Waals surface area contributed by atoms with E-state index in [1.165, 1.54) is 24.3 Å². The Labute approximate surface area is 89.8 Å². The Bertz CT molecular complexity index is 438. The monoisotopic (exact) mass is 224 g/mol. The van der Waals surface area contributed by atoms with Crippen LogP contribution < -0.4 is 0 Å². The van der Waals surface area contributed by atoms with E-state index < -0.39 is 16.6 Å². The van der Waals surface area contributed by atoms with Crippen molar-refractivity contribution in [2.75, 3.05) is 0 Å². The molecule has 84 valence electrons. The predicted octanol–water partition coefficient (Wildman–Crippen LogP) is 1.05. The summed E-state index contributed by atoms with van der Waals surface area (Å²) >= 11 is 0. The van der Waals surface area contributed by atoms with Gasteiger partial charge in [0.1, 0.15) is 0 Å². The number of carboxylic acid groups (broad SMARTS) is 1. The van der Waals surface area contributed by atoms with E-state index in [0.29, 0.717) is 5.56 Å². The molecule has 0 fully saturated rings. The first kappa shape index (κ1) is 11.6. The first-order valence-electron chi connectivity index (χ1n) is 4.22. The van der Waals surface area contributed by atoms with Gasteiger partial charge in [0.05, 0.1) is 4.92 Å². The van der Waals surface area contributed by atoms with Crippen LogP contribution in [-0.4, -0.2) is 26.9 Å². The molecule has 0 bridgehead atoms. The van der Waals surface area contributed by atoms with E-state index in [1.807, 2.05) is 0 Å². The minimum atomic E-state index is -1.33. The van der Waals surface area contributed by atoms with Crippen LogP contribution in [0.2, 0.25) is 0 Å². The zero-order valence-electron chi connectivity index (χ0n) is 8.03. The number of aliphatic carboxylic acids is 1. The molecule has 0 aromatic heterocycles. The Morgan fingerprint density at radius 2 is 1.94 bits per heavy atom. The topological polar surface area (TPSA) is 113 Å². The summed E-state index contributed by atoms with van der Waals surface area (Å²) in [5.41, 5.74) is 0.0104. The maximum atomic E-state index is 10.5. The maximum absolute atomic E-state index is 10.5. The van der Waals surface area contributed by atoms with Crippen LogP contribution in [-0.2, 0) is 11.2 Å². The van der Waals surface area contributed by atoms with Crippen LogP contribution >= 0.6 is 0 Å². The minimum Gasteiger partial charge on any atom is -0.477 e. The van der Waals surface area contributed by atoms with E-state index in [0.717, 1.165) is 0 Å². The van der Waals surface area contributed by atoms with Crippen molar-refractivity contribution >= 4 is 17.4 Å². The molecule has 0 atom stereocenters. The number of benzene rings is 1. The van der Waals surface area contributed by atoms with E-state index >= 15 is 0 Å². The van der Waals surface area contributed by atoms with Crippen LogP contribution in [0.5, 0.6) is 0 Å². The summed E-state index contributed by atoms with van der Waals surface area (Å²) in [4.78, 5) is 20.3. The number of hydrogen-bond acceptors (Lipinski definition) is 5. The number of nitro groups is 1. The van der Waals surface area contributed by atoms with Crippen LogP contribution in [0.15, 0.2) is 29.4 Å². The van der Waals surface area contributed by atoms with Crippen molar-refractivity contribution in [2.45, 2.75) is 6.42 Å². The minimum absolute atomic E-state index is 0.0819. The number of nitro benzene ring substituents is 1. The highest BCUT2D eigenvalue weighted by molar-refractivity contribution is 6.35. The van der Waals surface area contributed by atoms with Crippen LogP contribution in [0, 0.1) is 10.1 Å². The standard InChI is InChI=1S/C9H8N2O5/c12-9(13)8(10-14)5-6-1-3-7(4-2-6)11(15)16/h1-4,14H,5H2,(H,12,13)/b10-8+. The van der Waals surface area contributed by atoms with Gasteiger partial charge >= 0.3 is 5.97 Å². The largest absolute Gasteiger partial charge is 0.477 e. The van der Waals surface area contributed by atoms with Crippen molar-refractivity contribution in [3.05, 3.63) is 39.9 Å². The van der Waals surface area contributed by atoms with Gasteiger partial charge in [-0.25, -0.2) is 4.79 Å². The van der Waals surface area contributed by atoms with Gasteiger partial charge in [-0.3, -0.25) is 10.1 Å². The summed E-state index contributed by atoms with van der Waals surface area (Å²) in [7, 11) is 0. The molecule has 0 spiro atoms. The van der Waals surface area contributed by atoms with Crippen LogP contribution in [0.3, 0.4) is 0 Å². The van der Waals surface area contributed by atoms with E-state index in [-0.39, 0.29) is 12.1 Å². The fourth-order valence-corrected chi connectivity index (χ4v) is 1.08. The molecular weight excluding hydrogens is 216 g/mol. The quantitative estimate of drug-likeness (QED) is 0.343. The summed E-state index contributed by atoms with van der Waals surface area (Å²) in [6.07, 6.45) is -0.0934. The maximum Gasteiger partial charge on any atom is 0.354 e. The molecule has 1 aromatic carbocycles. The van der Waals surface area contributed by atoms with Gasteiger partial charge in [0.25, 0.3) is 5.69 Å². The Morgan fingerprint density at radius 3 is 2.31 bits per heavy atom. The van der Waals surface area contributed by atoms with E-state index in [2.05, 4.69) is 5.16 Å². The van der Waals surface area contributed by atoms with Gasteiger partial charge in [-0.05, 0) is 5.56 Å². The highest BCUT2D eigenvalue weighted by atomic mass is 16.6. The van der Waals surface area contributed by atoms with Crippen molar-refractivity contribution in [2.24, 2.45) is 5.16 Å². The predicted molar refractivity (Wildman–Crippen MR) is 53.7 cm³/mol. The van der Waals surface area contributed by atoms with Gasteiger partial charge in [0.2, 0.25) is 0 Å². The van der Waals surface area contributed by atoms with Gasteiger partial charge in [-0.2, -0.15) is 0 Å². The lowest BCUT2D eigenvalue weighted by molar-refractivity contribution is -0.384. The molecule has 0 radical (unpaired) electrons. The molecule has 1 aromatic rings. The zero-order chi connectivity index (χ0) is 12.1. The molecule has 0 saturated carbocycles. The second-order valence-electron chi connectivity index (χ2n) is 2.95. The number of non-ortho nitro benzene ring substituents is 1. The first-order valence-corrected chi connectivity index (χ1v) is 4.22. The molecule has 1 rings (SSSR count). The molecule has 0 amide bonds. The van der Waals surface area contributed by atoms with Crippen LogP contribution in [0.1, 0.15) is 5.56 Å². The highest BCUT2D eigenvalue weighted by Crippen LogP contribution is 2.12. The Kier molecular flexibility index (Phi) is 3.54. The van der Waals surface area contributed by atoms with E-state index in [9.17, 15) is 14.9 Å². The summed E-state index contributed by atoms with van der Waals surface area (Å²) in [6.45, 7) is 0. The fraction of sp³-hybridized carbons (Fsp3) is 0.111. The average Bonchev–Trinajstić information content (AvgIpc) is 2.26. The molecule has 2 N–H and O–H groups in total. The fourth-order valence-electron chi connectivity index (χ4n) is 1.08. The SMILES string of the molecule is O=C(O)/C(Cc1ccc([N+](=O)[O-])cc1)=N/O. The Morgan fingerprint density at radius 1 is 1.38 bits per heavy atom. The molecule has 16 heavy (non-hydrogen) atoms. The molecule has 0 unspecified atom stereocenters. The van der Waals surface area contributed by atoms with Crippen molar-refractivity contribution in [3.8, 4) is 0 Å². The van der Waals surface area contributed by atoms with Crippen LogP contribution in [0.25, 0.3) is 0 Å². The van der Waals surface area contributed by atoms with Gasteiger partial charge in [0, 0.05) is 18.6 Å². The van der Waals surface area contributed by atoms with Crippen molar-refractivity contribution < 1.29 is 20.0 Å². The van der Waals surface area contributed by atoms with Gasteiger partial charge < -0.3 is 10.3 Å². The molecule has 0 heterocycles. The second kappa shape index (κ2) is 4.87. The third-order valence-corrected chi connectivity index (χ3v) is 1.89. The average molecular weight is 224 g/mol. The molecular formula is C9H8N2O5. The molecule has 7 nitrogen and oxygen atoms in total. The highest BCUT2D eigenvalue weighted by Gasteiger charge is 2.12. The number of rotatable bonds is 4. The number of nitrogens with zero attached hydrogens (tertiary/aromatic N) is 2. The summed E-state index contributed by atoms with van der Waals surface area (Å²) in [6, 6.07) is 5.33. The van der Waals surface area contributed by atoms with E-state index in [4.69, 9.17) is 10.3 Å².